The molecule has 1 heterocycles. The minimum absolute atomic E-state index is 0.0852. The van der Waals surface area contributed by atoms with E-state index in [0.717, 1.165) is 5.69 Å². The molecule has 2 aromatic carbocycles. The van der Waals surface area contributed by atoms with Crippen LogP contribution in [0.3, 0.4) is 0 Å². The quantitative estimate of drug-likeness (QED) is 0.826. The number of methoxy groups -OCH3 is 1. The number of para-hydroxylation sites is 1. The molecule has 140 valence electrons. The van der Waals surface area contributed by atoms with Gasteiger partial charge in [-0.3, -0.25) is 14.5 Å². The maximum atomic E-state index is 12.6. The lowest BCUT2D eigenvalue weighted by Crippen LogP contribution is -2.33. The summed E-state index contributed by atoms with van der Waals surface area (Å²) in [4.78, 5) is 31.2. The van der Waals surface area contributed by atoms with Gasteiger partial charge in [-0.15, -0.1) is 0 Å². The van der Waals surface area contributed by atoms with Gasteiger partial charge in [-0.1, -0.05) is 36.0 Å². The number of hydrogen-bond acceptors (Lipinski definition) is 5. The van der Waals surface area contributed by atoms with Crippen LogP contribution in [0.2, 0.25) is 0 Å². The van der Waals surface area contributed by atoms with E-state index in [1.807, 2.05) is 37.3 Å². The highest BCUT2D eigenvalue weighted by Gasteiger charge is 2.38. The van der Waals surface area contributed by atoms with Crippen molar-refractivity contribution in [1.82, 2.24) is 4.90 Å². The van der Waals surface area contributed by atoms with Crippen molar-refractivity contribution in [3.05, 3.63) is 54.6 Å². The first kappa shape index (κ1) is 19.0. The van der Waals surface area contributed by atoms with Crippen LogP contribution in [0.1, 0.15) is 13.3 Å². The number of nitrogens with one attached hydrogen (secondary N) is 1. The molecule has 1 atom stereocenters. The second-order valence-electron chi connectivity index (χ2n) is 5.90. The number of carbonyl (C=O) groups is 2. The Balaban J connectivity index is 1.68. The molecule has 1 saturated heterocycles. The van der Waals surface area contributed by atoms with Gasteiger partial charge in [0.05, 0.1) is 12.8 Å². The Kier molecular flexibility index (Phi) is 6.13. The van der Waals surface area contributed by atoms with E-state index in [9.17, 15) is 9.59 Å². The molecule has 1 N–H and O–H groups in total. The molecule has 1 fully saturated rings. The lowest BCUT2D eigenvalue weighted by atomic mass is 10.2. The summed E-state index contributed by atoms with van der Waals surface area (Å²) >= 11 is 1.33. The number of hydrogen-bond donors (Lipinski definition) is 1. The number of amides is 2. The number of carbonyl (C=O) groups excluding carboxylic acids is 2. The summed E-state index contributed by atoms with van der Waals surface area (Å²) in [6.07, 6.45) is 0.0883. The maximum Gasteiger partial charge on any atom is 0.242 e. The van der Waals surface area contributed by atoms with Crippen molar-refractivity contribution >= 4 is 40.1 Å². The minimum Gasteiger partial charge on any atom is -0.497 e. The molecule has 0 spiro atoms. The molecule has 0 aliphatic carbocycles. The fraction of sp³-hybridized carbons (Fsp3) is 0.250. The third-order valence-corrected chi connectivity index (χ3v) is 5.22. The molecule has 2 amide bonds. The highest BCUT2D eigenvalue weighted by molar-refractivity contribution is 8.15. The van der Waals surface area contributed by atoms with Crippen molar-refractivity contribution < 1.29 is 14.3 Å². The highest BCUT2D eigenvalue weighted by Crippen LogP contribution is 2.31. The Hall–Kier alpha value is -2.80. The van der Waals surface area contributed by atoms with Gasteiger partial charge in [0.15, 0.2) is 5.17 Å². The van der Waals surface area contributed by atoms with E-state index < -0.39 is 5.25 Å². The lowest BCUT2D eigenvalue weighted by molar-refractivity contribution is -0.128. The van der Waals surface area contributed by atoms with Crippen LogP contribution in [-0.2, 0) is 9.59 Å². The molecule has 27 heavy (non-hydrogen) atoms. The second-order valence-corrected chi connectivity index (χ2v) is 7.07. The molecular weight excluding hydrogens is 362 g/mol. The van der Waals surface area contributed by atoms with Crippen molar-refractivity contribution in [2.75, 3.05) is 19.0 Å². The fourth-order valence-electron chi connectivity index (χ4n) is 2.71. The molecule has 0 aromatic heterocycles. The molecule has 1 aliphatic heterocycles. The molecule has 0 unspecified atom stereocenters. The van der Waals surface area contributed by atoms with E-state index in [2.05, 4.69) is 10.3 Å². The van der Waals surface area contributed by atoms with E-state index in [4.69, 9.17) is 4.74 Å². The van der Waals surface area contributed by atoms with Crippen molar-refractivity contribution in [1.29, 1.82) is 0 Å². The Morgan fingerprint density at radius 2 is 2.00 bits per heavy atom. The predicted octanol–water partition coefficient (Wildman–Crippen LogP) is 3.68. The van der Waals surface area contributed by atoms with Crippen LogP contribution in [-0.4, -0.2) is 40.8 Å². The van der Waals surface area contributed by atoms with Gasteiger partial charge < -0.3 is 10.1 Å². The Labute approximate surface area is 162 Å². The van der Waals surface area contributed by atoms with E-state index >= 15 is 0 Å². The number of ether oxygens (including phenoxy) is 1. The summed E-state index contributed by atoms with van der Waals surface area (Å²) in [5.74, 6) is 0.359. The Bertz CT molecular complexity index is 855. The van der Waals surface area contributed by atoms with Crippen molar-refractivity contribution in [3.8, 4) is 5.75 Å². The molecule has 7 heteroatoms. The standard InChI is InChI=1S/C20H21N3O3S/c1-3-23-19(25)17(27-20(23)22-14-8-5-4-6-9-14)13-18(24)21-15-10-7-11-16(12-15)26-2/h4-12,17H,3,13H2,1-2H3,(H,21,24)/t17-/m0/s1. The van der Waals surface area contributed by atoms with E-state index in [-0.39, 0.29) is 18.2 Å². The summed E-state index contributed by atoms with van der Waals surface area (Å²) in [6.45, 7) is 2.42. The van der Waals surface area contributed by atoms with Gasteiger partial charge in [0.25, 0.3) is 0 Å². The molecule has 0 bridgehead atoms. The highest BCUT2D eigenvalue weighted by atomic mass is 32.2. The van der Waals surface area contributed by atoms with Gasteiger partial charge in [0.2, 0.25) is 11.8 Å². The first-order valence-electron chi connectivity index (χ1n) is 8.66. The smallest absolute Gasteiger partial charge is 0.242 e. The Morgan fingerprint density at radius 1 is 1.22 bits per heavy atom. The van der Waals surface area contributed by atoms with Crippen molar-refractivity contribution in [3.63, 3.8) is 0 Å². The number of thioether (sulfide) groups is 1. The minimum atomic E-state index is -0.474. The summed E-state index contributed by atoms with van der Waals surface area (Å²) < 4.78 is 5.15. The normalized spacial score (nSPS) is 18.0. The summed E-state index contributed by atoms with van der Waals surface area (Å²) in [6, 6.07) is 16.6. The van der Waals surface area contributed by atoms with Crippen LogP contribution >= 0.6 is 11.8 Å². The van der Waals surface area contributed by atoms with E-state index in [1.54, 1.807) is 36.3 Å². The van der Waals surface area contributed by atoms with Crippen LogP contribution in [0.5, 0.6) is 5.75 Å². The molecule has 6 nitrogen and oxygen atoms in total. The van der Waals surface area contributed by atoms with Crippen LogP contribution in [0.15, 0.2) is 59.6 Å². The van der Waals surface area contributed by atoms with E-state index in [1.165, 1.54) is 11.8 Å². The van der Waals surface area contributed by atoms with Gasteiger partial charge in [-0.25, -0.2) is 4.99 Å². The number of nitrogens with zero attached hydrogens (tertiary/aromatic N) is 2. The summed E-state index contributed by atoms with van der Waals surface area (Å²) in [5.41, 5.74) is 1.42. The second kappa shape index (κ2) is 8.73. The zero-order valence-corrected chi connectivity index (χ0v) is 16.0. The zero-order chi connectivity index (χ0) is 19.2. The van der Waals surface area contributed by atoms with Crippen LogP contribution in [0.4, 0.5) is 11.4 Å². The summed E-state index contributed by atoms with van der Waals surface area (Å²) in [5, 5.41) is 2.98. The number of benzene rings is 2. The number of aliphatic imine (C=N–C) groups is 1. The zero-order valence-electron chi connectivity index (χ0n) is 15.2. The van der Waals surface area contributed by atoms with Gasteiger partial charge in [0, 0.05) is 24.7 Å². The maximum absolute atomic E-state index is 12.6. The molecular formula is C20H21N3O3S. The van der Waals surface area contributed by atoms with Gasteiger partial charge >= 0.3 is 0 Å². The summed E-state index contributed by atoms with van der Waals surface area (Å²) in [7, 11) is 1.57. The molecule has 1 aliphatic rings. The van der Waals surface area contributed by atoms with Gasteiger partial charge in [0.1, 0.15) is 11.0 Å². The number of anilines is 1. The van der Waals surface area contributed by atoms with Gasteiger partial charge in [-0.05, 0) is 31.2 Å². The monoisotopic (exact) mass is 383 g/mol. The fourth-order valence-corrected chi connectivity index (χ4v) is 3.93. The Morgan fingerprint density at radius 3 is 2.70 bits per heavy atom. The largest absolute Gasteiger partial charge is 0.497 e. The average Bonchev–Trinajstić information content (AvgIpc) is 2.96. The van der Waals surface area contributed by atoms with Crippen LogP contribution in [0.25, 0.3) is 0 Å². The lowest BCUT2D eigenvalue weighted by Gasteiger charge is -2.13. The SMILES string of the molecule is CCN1C(=O)[C@H](CC(=O)Nc2cccc(OC)c2)SC1=Nc1ccccc1. The van der Waals surface area contributed by atoms with Crippen LogP contribution in [0, 0.1) is 0 Å². The molecule has 0 saturated carbocycles. The van der Waals surface area contributed by atoms with E-state index in [0.29, 0.717) is 23.1 Å². The third-order valence-electron chi connectivity index (χ3n) is 4.04. The molecule has 2 aromatic rings. The topological polar surface area (TPSA) is 71.0 Å². The van der Waals surface area contributed by atoms with Crippen LogP contribution < -0.4 is 10.1 Å². The first-order valence-corrected chi connectivity index (χ1v) is 9.54. The average molecular weight is 383 g/mol. The number of amidine groups is 1. The predicted molar refractivity (Wildman–Crippen MR) is 109 cm³/mol. The van der Waals surface area contributed by atoms with Crippen molar-refractivity contribution in [2.45, 2.75) is 18.6 Å². The van der Waals surface area contributed by atoms with Crippen molar-refractivity contribution in [2.24, 2.45) is 4.99 Å². The number of rotatable bonds is 6. The van der Waals surface area contributed by atoms with Gasteiger partial charge in [-0.2, -0.15) is 0 Å². The third kappa shape index (κ3) is 4.68. The molecule has 3 rings (SSSR count). The first-order chi connectivity index (χ1) is 13.1. The molecule has 0 radical (unpaired) electrons.